The van der Waals surface area contributed by atoms with E-state index >= 15 is 0 Å². The molecule has 156 valence electrons. The molecule has 0 atom stereocenters. The van der Waals surface area contributed by atoms with Crippen LogP contribution in [0.25, 0.3) is 0 Å². The number of rotatable bonds is 4. The average molecular weight is 420 g/mol. The molecule has 0 saturated heterocycles. The Morgan fingerprint density at radius 1 is 1.00 bits per heavy atom. The van der Waals surface area contributed by atoms with Gasteiger partial charge in [0.25, 0.3) is 0 Å². The molecule has 30 heavy (non-hydrogen) atoms. The molecular formula is C27H32ClN2+. The molecule has 0 spiro atoms. The first-order valence-corrected chi connectivity index (χ1v) is 11.3. The Bertz CT molecular complexity index is 1090. The summed E-state index contributed by atoms with van der Waals surface area (Å²) in [6.45, 7) is 12.2. The minimum absolute atomic E-state index is 0.0125. The van der Waals surface area contributed by atoms with Crippen LogP contribution in [0.3, 0.4) is 0 Å². The van der Waals surface area contributed by atoms with Crippen molar-refractivity contribution in [3.63, 3.8) is 0 Å². The Morgan fingerprint density at radius 3 is 2.43 bits per heavy atom. The molecule has 0 radical (unpaired) electrons. The van der Waals surface area contributed by atoms with E-state index in [9.17, 15) is 0 Å². The van der Waals surface area contributed by atoms with E-state index in [1.807, 2.05) is 0 Å². The number of anilines is 1. The summed E-state index contributed by atoms with van der Waals surface area (Å²) in [5.41, 5.74) is 9.19. The highest BCUT2D eigenvalue weighted by Crippen LogP contribution is 2.48. The van der Waals surface area contributed by atoms with E-state index in [-0.39, 0.29) is 10.8 Å². The van der Waals surface area contributed by atoms with Crippen LogP contribution in [0.15, 0.2) is 66.4 Å². The minimum atomic E-state index is -0.0531. The summed E-state index contributed by atoms with van der Waals surface area (Å²) in [6.07, 6.45) is 6.77. The van der Waals surface area contributed by atoms with Gasteiger partial charge in [-0.2, -0.15) is 4.58 Å². The van der Waals surface area contributed by atoms with Crippen molar-refractivity contribution in [1.29, 1.82) is 0 Å². The van der Waals surface area contributed by atoms with Crippen molar-refractivity contribution in [2.75, 3.05) is 24.4 Å². The fourth-order valence-electron chi connectivity index (χ4n) is 5.15. The Kier molecular flexibility index (Phi) is 5.18. The van der Waals surface area contributed by atoms with Gasteiger partial charge in [0.1, 0.15) is 7.05 Å². The highest BCUT2D eigenvalue weighted by molar-refractivity contribution is 6.18. The van der Waals surface area contributed by atoms with Gasteiger partial charge in [-0.3, -0.25) is 0 Å². The molecule has 0 aliphatic carbocycles. The molecule has 0 N–H and O–H groups in total. The second-order valence-electron chi connectivity index (χ2n) is 9.48. The molecule has 2 aromatic carbocycles. The van der Waals surface area contributed by atoms with E-state index < -0.39 is 0 Å². The highest BCUT2D eigenvalue weighted by atomic mass is 35.5. The third-order valence-corrected chi connectivity index (χ3v) is 6.97. The molecule has 3 heteroatoms. The predicted molar refractivity (Wildman–Crippen MR) is 130 cm³/mol. The van der Waals surface area contributed by atoms with Crippen LogP contribution in [-0.4, -0.2) is 29.8 Å². The molecule has 2 aromatic rings. The number of allylic oxidation sites excluding steroid dienone is 4. The standard InChI is InChI=1S/C27H32ClN2/c1-19-14-15-23-21(18-19)27(4,5)25(30(23)17-16-28)13-9-12-24-26(2,3)20-10-7-8-11-22(20)29(24)6/h7-15,18H,16-17H2,1-6H3/q+1. The van der Waals surface area contributed by atoms with Crippen LogP contribution >= 0.6 is 11.6 Å². The van der Waals surface area contributed by atoms with E-state index in [2.05, 4.69) is 112 Å². The smallest absolute Gasteiger partial charge is 0.209 e. The van der Waals surface area contributed by atoms with Gasteiger partial charge in [0, 0.05) is 46.9 Å². The lowest BCUT2D eigenvalue weighted by Gasteiger charge is -2.26. The Morgan fingerprint density at radius 2 is 1.73 bits per heavy atom. The van der Waals surface area contributed by atoms with Crippen LogP contribution in [0.5, 0.6) is 0 Å². The summed E-state index contributed by atoms with van der Waals surface area (Å²) in [4.78, 5) is 2.38. The molecule has 0 fully saturated rings. The van der Waals surface area contributed by atoms with Crippen molar-refractivity contribution in [1.82, 2.24) is 0 Å². The largest absolute Gasteiger partial charge is 0.343 e. The van der Waals surface area contributed by atoms with Crippen LogP contribution < -0.4 is 4.90 Å². The van der Waals surface area contributed by atoms with Gasteiger partial charge in [-0.25, -0.2) is 0 Å². The van der Waals surface area contributed by atoms with Crippen LogP contribution in [0.4, 0.5) is 11.4 Å². The molecule has 0 aromatic heterocycles. The maximum atomic E-state index is 6.19. The van der Waals surface area contributed by atoms with E-state index in [4.69, 9.17) is 11.6 Å². The summed E-state index contributed by atoms with van der Waals surface area (Å²) < 4.78 is 2.32. The first kappa shape index (κ1) is 20.9. The summed E-state index contributed by atoms with van der Waals surface area (Å²) in [5, 5.41) is 0. The number of fused-ring (bicyclic) bond motifs is 2. The summed E-state index contributed by atoms with van der Waals surface area (Å²) >= 11 is 6.19. The Balaban J connectivity index is 1.73. The SMILES string of the molecule is Cc1ccc2c(c1)C(C)(C)C(=CC=CC1=[N+](C)c3ccccc3C1(C)C)N2CCCl. The molecular weight excluding hydrogens is 388 g/mol. The first-order chi connectivity index (χ1) is 14.2. The van der Waals surface area contributed by atoms with Crippen LogP contribution in [-0.2, 0) is 10.8 Å². The van der Waals surface area contributed by atoms with Gasteiger partial charge < -0.3 is 4.90 Å². The predicted octanol–water partition coefficient (Wildman–Crippen LogP) is 6.48. The molecule has 4 rings (SSSR count). The Labute approximate surface area is 186 Å². The molecule has 2 aliphatic rings. The van der Waals surface area contributed by atoms with Gasteiger partial charge >= 0.3 is 0 Å². The number of aryl methyl sites for hydroxylation is 1. The number of benzene rings is 2. The average Bonchev–Trinajstić information content (AvgIpc) is 3.03. The lowest BCUT2D eigenvalue weighted by Crippen LogP contribution is -2.28. The summed E-state index contributed by atoms with van der Waals surface area (Å²) in [7, 11) is 2.17. The van der Waals surface area contributed by atoms with E-state index in [1.54, 1.807) is 0 Å². The third kappa shape index (κ3) is 3.13. The van der Waals surface area contributed by atoms with Crippen molar-refractivity contribution in [2.45, 2.75) is 45.4 Å². The van der Waals surface area contributed by atoms with Crippen LogP contribution in [0.2, 0.25) is 0 Å². The van der Waals surface area contributed by atoms with Crippen molar-refractivity contribution in [3.8, 4) is 0 Å². The molecule has 2 aliphatic heterocycles. The van der Waals surface area contributed by atoms with Gasteiger partial charge in [0.05, 0.1) is 5.41 Å². The van der Waals surface area contributed by atoms with E-state index in [1.165, 1.54) is 39.5 Å². The maximum absolute atomic E-state index is 6.19. The van der Waals surface area contributed by atoms with Crippen LogP contribution in [0.1, 0.15) is 44.4 Å². The summed E-state index contributed by atoms with van der Waals surface area (Å²) in [6, 6.07) is 15.4. The van der Waals surface area contributed by atoms with Gasteiger partial charge in [-0.15, -0.1) is 11.6 Å². The number of halogens is 1. The van der Waals surface area contributed by atoms with Crippen molar-refractivity contribution in [2.24, 2.45) is 0 Å². The van der Waals surface area contributed by atoms with Gasteiger partial charge in [-0.1, -0.05) is 55.8 Å². The van der Waals surface area contributed by atoms with Gasteiger partial charge in [0.15, 0.2) is 5.71 Å². The quantitative estimate of drug-likeness (QED) is 0.406. The molecule has 2 nitrogen and oxygen atoms in total. The van der Waals surface area contributed by atoms with Crippen molar-refractivity contribution < 1.29 is 4.58 Å². The number of nitrogens with zero attached hydrogens (tertiary/aromatic N) is 2. The number of hydrogen-bond acceptors (Lipinski definition) is 1. The van der Waals surface area contributed by atoms with E-state index in [0.717, 1.165) is 6.54 Å². The van der Waals surface area contributed by atoms with E-state index in [0.29, 0.717) is 5.88 Å². The third-order valence-electron chi connectivity index (χ3n) is 6.80. The second-order valence-corrected chi connectivity index (χ2v) is 9.86. The lowest BCUT2D eigenvalue weighted by atomic mass is 9.81. The highest BCUT2D eigenvalue weighted by Gasteiger charge is 2.43. The normalized spacial score (nSPS) is 20.4. The van der Waals surface area contributed by atoms with Gasteiger partial charge in [0.2, 0.25) is 5.69 Å². The Hall–Kier alpha value is -2.32. The zero-order chi connectivity index (χ0) is 21.7. The first-order valence-electron chi connectivity index (χ1n) is 10.7. The second kappa shape index (κ2) is 7.42. The minimum Gasteiger partial charge on any atom is -0.343 e. The van der Waals surface area contributed by atoms with Gasteiger partial charge in [-0.05, 0) is 38.5 Å². The zero-order valence-corrected chi connectivity index (χ0v) is 19.7. The molecule has 0 amide bonds. The molecule has 0 saturated carbocycles. The molecule has 0 bridgehead atoms. The van der Waals surface area contributed by atoms with Crippen molar-refractivity contribution >= 4 is 28.7 Å². The van der Waals surface area contributed by atoms with Crippen molar-refractivity contribution in [3.05, 3.63) is 83.1 Å². The fourth-order valence-corrected chi connectivity index (χ4v) is 5.32. The fraction of sp³-hybridized carbons (Fsp3) is 0.370. The number of para-hydroxylation sites is 1. The number of alkyl halides is 1. The zero-order valence-electron chi connectivity index (χ0n) is 19.0. The van der Waals surface area contributed by atoms with Crippen LogP contribution in [0, 0.1) is 6.92 Å². The molecule has 2 heterocycles. The molecule has 0 unspecified atom stereocenters. The lowest BCUT2D eigenvalue weighted by molar-refractivity contribution is -0.401. The number of hydrogen-bond donors (Lipinski definition) is 0. The maximum Gasteiger partial charge on any atom is 0.209 e. The monoisotopic (exact) mass is 419 g/mol. The topological polar surface area (TPSA) is 6.25 Å². The summed E-state index contributed by atoms with van der Waals surface area (Å²) in [5.74, 6) is 0.604.